The Morgan fingerprint density at radius 3 is 3.05 bits per heavy atom. The summed E-state index contributed by atoms with van der Waals surface area (Å²) in [4.78, 5) is 17.0. The number of carbonyl (C=O) groups is 1. The van der Waals surface area contributed by atoms with Crippen LogP contribution in [0.25, 0.3) is 0 Å². The average molecular weight is 262 g/mol. The van der Waals surface area contributed by atoms with Gasteiger partial charge in [0.15, 0.2) is 0 Å². The van der Waals surface area contributed by atoms with Crippen LogP contribution in [0.5, 0.6) is 0 Å². The van der Waals surface area contributed by atoms with Crippen LogP contribution in [0.3, 0.4) is 0 Å². The van der Waals surface area contributed by atoms with Gasteiger partial charge in [0.2, 0.25) is 5.91 Å². The quantitative estimate of drug-likeness (QED) is 0.716. The number of hydrogen-bond donors (Lipinski definition) is 1. The molecule has 4 aliphatic heterocycles. The van der Waals surface area contributed by atoms with Gasteiger partial charge in [0, 0.05) is 24.2 Å². The number of carbonyl (C=O) groups excluding carboxylic acids is 1. The highest BCUT2D eigenvalue weighted by Gasteiger charge is 2.50. The minimum Gasteiger partial charge on any atom is -0.373 e. The lowest BCUT2D eigenvalue weighted by Crippen LogP contribution is -2.62. The summed E-state index contributed by atoms with van der Waals surface area (Å²) in [5.74, 6) is 0.780. The summed E-state index contributed by atoms with van der Waals surface area (Å²) in [6.45, 7) is 2.24. The third kappa shape index (κ3) is 1.69. The van der Waals surface area contributed by atoms with Crippen LogP contribution < -0.4 is 0 Å². The zero-order valence-electron chi connectivity index (χ0n) is 11.3. The van der Waals surface area contributed by atoms with Gasteiger partial charge in [-0.25, -0.2) is 0 Å². The minimum absolute atomic E-state index is 0.129. The largest absolute Gasteiger partial charge is 0.373 e. The van der Waals surface area contributed by atoms with Gasteiger partial charge < -0.3 is 5.11 Å². The lowest BCUT2D eigenvalue weighted by Gasteiger charge is -2.54. The van der Waals surface area contributed by atoms with Gasteiger partial charge in [-0.1, -0.05) is 12.5 Å². The Morgan fingerprint density at radius 2 is 2.16 bits per heavy atom. The molecule has 4 nitrogen and oxygen atoms in total. The van der Waals surface area contributed by atoms with Crippen LogP contribution >= 0.6 is 0 Å². The van der Waals surface area contributed by atoms with Crippen LogP contribution in [0.1, 0.15) is 38.5 Å². The second kappa shape index (κ2) is 4.32. The zero-order valence-corrected chi connectivity index (χ0v) is 11.3. The highest BCUT2D eigenvalue weighted by atomic mass is 16.3. The van der Waals surface area contributed by atoms with Gasteiger partial charge in [-0.3, -0.25) is 14.6 Å². The van der Waals surface area contributed by atoms with Crippen molar-refractivity contribution in [2.45, 2.75) is 50.8 Å². The van der Waals surface area contributed by atoms with Crippen molar-refractivity contribution in [2.24, 2.45) is 11.8 Å². The minimum atomic E-state index is -0.576. The van der Waals surface area contributed by atoms with Crippen molar-refractivity contribution in [3.05, 3.63) is 11.8 Å². The highest BCUT2D eigenvalue weighted by molar-refractivity contribution is 5.83. The van der Waals surface area contributed by atoms with Gasteiger partial charge in [-0.15, -0.1) is 0 Å². The Bertz CT molecular complexity index is 434. The average Bonchev–Trinajstić information content (AvgIpc) is 2.44. The number of nitrogens with zero attached hydrogens (tertiary/aromatic N) is 2. The molecule has 1 amide bonds. The molecule has 4 heterocycles. The molecular formula is C15H22N2O2. The summed E-state index contributed by atoms with van der Waals surface area (Å²) >= 11 is 0. The van der Waals surface area contributed by atoms with Crippen molar-refractivity contribution < 1.29 is 9.90 Å². The zero-order chi connectivity index (χ0) is 13.0. The second-order valence-corrected chi connectivity index (χ2v) is 6.49. The molecule has 4 heteroatoms. The van der Waals surface area contributed by atoms with Crippen LogP contribution in [-0.2, 0) is 4.79 Å². The molecule has 1 N–H and O–H groups in total. The lowest BCUT2D eigenvalue weighted by atomic mass is 9.73. The molecule has 0 aromatic carbocycles. The van der Waals surface area contributed by atoms with Crippen LogP contribution in [-0.4, -0.2) is 46.2 Å². The van der Waals surface area contributed by atoms with E-state index < -0.39 is 6.23 Å². The number of aliphatic hydroxyl groups is 1. The molecule has 4 aliphatic rings. The number of aliphatic hydroxyl groups excluding tert-OH is 1. The Labute approximate surface area is 114 Å². The van der Waals surface area contributed by atoms with Crippen LogP contribution in [0.2, 0.25) is 0 Å². The second-order valence-electron chi connectivity index (χ2n) is 6.49. The standard InChI is InChI=1S/C15H22N2O2/c18-14-6-3-5-12-10-8-11(15(19)17(12)14)13-4-1-2-7-16(13)9-10/h5,10-11,13-14,18H,1-4,6-9H2/t10-,11+,13-,14+/m0/s1. The molecule has 2 bridgehead atoms. The first-order valence-corrected chi connectivity index (χ1v) is 7.71. The van der Waals surface area contributed by atoms with Crippen molar-refractivity contribution in [2.75, 3.05) is 13.1 Å². The topological polar surface area (TPSA) is 43.8 Å². The molecule has 0 saturated carbocycles. The smallest absolute Gasteiger partial charge is 0.233 e. The fraction of sp³-hybridized carbons (Fsp3) is 0.800. The SMILES string of the molecule is O=C1[C@@H]2C[C@@H](CN3CCCC[C@@H]23)C2=CCC[C@@H](O)N12. The first-order chi connectivity index (χ1) is 9.25. The van der Waals surface area contributed by atoms with E-state index >= 15 is 0 Å². The summed E-state index contributed by atoms with van der Waals surface area (Å²) in [6.07, 6.45) is 7.91. The maximum absolute atomic E-state index is 12.7. The van der Waals surface area contributed by atoms with Crippen molar-refractivity contribution in [1.82, 2.24) is 9.80 Å². The van der Waals surface area contributed by atoms with E-state index in [0.29, 0.717) is 18.4 Å². The Hall–Kier alpha value is -0.870. The summed E-state index contributed by atoms with van der Waals surface area (Å²) < 4.78 is 0. The van der Waals surface area contributed by atoms with Gasteiger partial charge in [-0.05, 0) is 38.6 Å². The predicted octanol–water partition coefficient (Wildman–Crippen LogP) is 1.32. The molecule has 4 atom stereocenters. The Balaban J connectivity index is 1.70. The number of rotatable bonds is 0. The number of fused-ring (bicyclic) bond motifs is 6. The lowest BCUT2D eigenvalue weighted by molar-refractivity contribution is -0.157. The van der Waals surface area contributed by atoms with Crippen molar-refractivity contribution in [1.29, 1.82) is 0 Å². The summed E-state index contributed by atoms with van der Waals surface area (Å²) in [6, 6.07) is 0.438. The normalized spacial score (nSPS) is 42.5. The molecule has 0 aromatic rings. The first kappa shape index (κ1) is 11.9. The van der Waals surface area contributed by atoms with E-state index in [1.807, 2.05) is 0 Å². The fourth-order valence-corrected chi connectivity index (χ4v) is 4.60. The molecule has 3 saturated heterocycles. The van der Waals surface area contributed by atoms with Crippen molar-refractivity contribution >= 4 is 5.91 Å². The maximum atomic E-state index is 12.7. The molecule has 0 aliphatic carbocycles. The van der Waals surface area contributed by atoms with E-state index in [2.05, 4.69) is 11.0 Å². The molecule has 0 spiro atoms. The van der Waals surface area contributed by atoms with Crippen LogP contribution in [0.15, 0.2) is 11.8 Å². The van der Waals surface area contributed by atoms with Crippen molar-refractivity contribution in [3.63, 3.8) is 0 Å². The number of piperidine rings is 3. The van der Waals surface area contributed by atoms with E-state index in [1.54, 1.807) is 4.90 Å². The number of hydrogen-bond acceptors (Lipinski definition) is 3. The molecule has 0 unspecified atom stereocenters. The maximum Gasteiger partial charge on any atom is 0.233 e. The van der Waals surface area contributed by atoms with Crippen molar-refractivity contribution in [3.8, 4) is 0 Å². The van der Waals surface area contributed by atoms with E-state index in [4.69, 9.17) is 0 Å². The number of allylic oxidation sites excluding steroid dienone is 1. The summed E-state index contributed by atoms with van der Waals surface area (Å²) in [7, 11) is 0. The van der Waals surface area contributed by atoms with Gasteiger partial charge in [0.25, 0.3) is 0 Å². The van der Waals surface area contributed by atoms with E-state index in [0.717, 1.165) is 38.0 Å². The fourth-order valence-electron chi connectivity index (χ4n) is 4.60. The third-order valence-corrected chi connectivity index (χ3v) is 5.45. The molecular weight excluding hydrogens is 240 g/mol. The molecule has 0 radical (unpaired) electrons. The third-order valence-electron chi connectivity index (χ3n) is 5.45. The Kier molecular flexibility index (Phi) is 2.71. The predicted molar refractivity (Wildman–Crippen MR) is 71.0 cm³/mol. The number of amides is 1. The van der Waals surface area contributed by atoms with E-state index in [9.17, 15) is 9.90 Å². The molecule has 19 heavy (non-hydrogen) atoms. The molecule has 104 valence electrons. The Morgan fingerprint density at radius 1 is 1.26 bits per heavy atom. The van der Waals surface area contributed by atoms with Gasteiger partial charge in [0.1, 0.15) is 6.23 Å². The first-order valence-electron chi connectivity index (χ1n) is 7.71. The van der Waals surface area contributed by atoms with Crippen LogP contribution in [0, 0.1) is 11.8 Å². The molecule has 3 fully saturated rings. The van der Waals surface area contributed by atoms with E-state index in [-0.39, 0.29) is 11.8 Å². The summed E-state index contributed by atoms with van der Waals surface area (Å²) in [5.41, 5.74) is 1.11. The van der Waals surface area contributed by atoms with Gasteiger partial charge in [0.05, 0.1) is 5.92 Å². The van der Waals surface area contributed by atoms with E-state index in [1.165, 1.54) is 12.8 Å². The monoisotopic (exact) mass is 262 g/mol. The molecule has 0 aromatic heterocycles. The van der Waals surface area contributed by atoms with Crippen LogP contribution in [0.4, 0.5) is 0 Å². The van der Waals surface area contributed by atoms with Gasteiger partial charge in [-0.2, -0.15) is 0 Å². The molecule has 4 rings (SSSR count). The van der Waals surface area contributed by atoms with Gasteiger partial charge >= 0.3 is 0 Å². The highest BCUT2D eigenvalue weighted by Crippen LogP contribution is 2.44. The summed E-state index contributed by atoms with van der Waals surface area (Å²) in [5, 5.41) is 10.2.